The minimum Gasteiger partial charge on any atom is -0.376 e. The zero-order valence-corrected chi connectivity index (χ0v) is 14.4. The molecule has 1 aromatic rings. The van der Waals surface area contributed by atoms with Gasteiger partial charge in [-0.05, 0) is 25.8 Å². The maximum atomic E-state index is 12.4. The van der Waals surface area contributed by atoms with E-state index < -0.39 is 5.41 Å². The molecular formula is C16H24N2O3S. The van der Waals surface area contributed by atoms with E-state index in [1.165, 1.54) is 11.3 Å². The van der Waals surface area contributed by atoms with Crippen molar-refractivity contribution in [2.24, 2.45) is 5.41 Å². The number of ether oxygens (including phenoxy) is 1. The molecule has 2 N–H and O–H groups in total. The fourth-order valence-electron chi connectivity index (χ4n) is 2.17. The molecule has 122 valence electrons. The second kappa shape index (κ2) is 6.79. The molecule has 22 heavy (non-hydrogen) atoms. The molecule has 5 nitrogen and oxygen atoms in total. The number of carbonyl (C=O) groups excluding carboxylic acids is 2. The molecule has 1 aromatic heterocycles. The molecule has 0 bridgehead atoms. The first-order valence-corrected chi connectivity index (χ1v) is 8.40. The molecule has 1 fully saturated rings. The van der Waals surface area contributed by atoms with Gasteiger partial charge in [0.1, 0.15) is 5.00 Å². The molecule has 0 radical (unpaired) electrons. The molecule has 0 saturated carbocycles. The first kappa shape index (κ1) is 17.0. The summed E-state index contributed by atoms with van der Waals surface area (Å²) in [4.78, 5) is 25.5. The van der Waals surface area contributed by atoms with Crippen LogP contribution >= 0.6 is 11.3 Å². The van der Waals surface area contributed by atoms with Gasteiger partial charge in [0.25, 0.3) is 5.91 Å². The second-order valence-corrected chi connectivity index (χ2v) is 7.91. The van der Waals surface area contributed by atoms with Crippen LogP contribution in [-0.2, 0) is 9.53 Å². The molecule has 0 aliphatic carbocycles. The first-order valence-electron chi connectivity index (χ1n) is 7.59. The quantitative estimate of drug-likeness (QED) is 0.895. The maximum absolute atomic E-state index is 12.4. The number of rotatable bonds is 4. The molecule has 1 saturated heterocycles. The van der Waals surface area contributed by atoms with Crippen LogP contribution in [0.2, 0.25) is 0 Å². The van der Waals surface area contributed by atoms with Crippen molar-refractivity contribution in [1.29, 1.82) is 0 Å². The lowest BCUT2D eigenvalue weighted by atomic mass is 9.96. The summed E-state index contributed by atoms with van der Waals surface area (Å²) < 4.78 is 5.50. The van der Waals surface area contributed by atoms with Crippen LogP contribution in [-0.4, -0.2) is 31.1 Å². The molecule has 0 spiro atoms. The summed E-state index contributed by atoms with van der Waals surface area (Å²) in [5, 5.41) is 6.38. The standard InChI is InChI=1S/C16H24N2O3S/c1-10-8-12(13(19)17-9-11-6-5-7-21-11)14(22-10)18-15(20)16(2,3)4/h8,11H,5-7,9H2,1-4H3,(H,17,19)(H,18,20)/t11-/m1/s1. The lowest BCUT2D eigenvalue weighted by Gasteiger charge is -2.17. The zero-order chi connectivity index (χ0) is 16.3. The Hall–Kier alpha value is -1.40. The van der Waals surface area contributed by atoms with E-state index in [4.69, 9.17) is 4.74 Å². The molecule has 2 heterocycles. The number of hydrogen-bond donors (Lipinski definition) is 2. The van der Waals surface area contributed by atoms with Crippen LogP contribution in [0.1, 0.15) is 48.8 Å². The highest BCUT2D eigenvalue weighted by molar-refractivity contribution is 7.16. The smallest absolute Gasteiger partial charge is 0.254 e. The SMILES string of the molecule is Cc1cc(C(=O)NC[C@H]2CCCO2)c(NC(=O)C(C)(C)C)s1. The molecule has 2 rings (SSSR count). The summed E-state index contributed by atoms with van der Waals surface area (Å²) in [6, 6.07) is 1.81. The molecule has 0 unspecified atom stereocenters. The summed E-state index contributed by atoms with van der Waals surface area (Å²) in [5.74, 6) is -0.258. The lowest BCUT2D eigenvalue weighted by Crippen LogP contribution is -2.33. The van der Waals surface area contributed by atoms with Gasteiger partial charge in [-0.1, -0.05) is 20.8 Å². The van der Waals surface area contributed by atoms with Crippen LogP contribution in [0.3, 0.4) is 0 Å². The largest absolute Gasteiger partial charge is 0.376 e. The maximum Gasteiger partial charge on any atom is 0.254 e. The summed E-state index contributed by atoms with van der Waals surface area (Å²) in [6.07, 6.45) is 2.14. The summed E-state index contributed by atoms with van der Waals surface area (Å²) in [6.45, 7) is 8.75. The van der Waals surface area contributed by atoms with Gasteiger partial charge in [0.2, 0.25) is 5.91 Å². The van der Waals surface area contributed by atoms with Crippen LogP contribution in [0, 0.1) is 12.3 Å². The minimum atomic E-state index is -0.497. The van der Waals surface area contributed by atoms with Crippen molar-refractivity contribution in [3.63, 3.8) is 0 Å². The van der Waals surface area contributed by atoms with Crippen LogP contribution < -0.4 is 10.6 Å². The van der Waals surface area contributed by atoms with E-state index in [1.54, 1.807) is 0 Å². The van der Waals surface area contributed by atoms with Crippen molar-refractivity contribution in [1.82, 2.24) is 5.32 Å². The predicted molar refractivity (Wildman–Crippen MR) is 88.4 cm³/mol. The minimum absolute atomic E-state index is 0.0949. The second-order valence-electron chi connectivity index (χ2n) is 6.65. The fourth-order valence-corrected chi connectivity index (χ4v) is 3.08. The van der Waals surface area contributed by atoms with Crippen LogP contribution in [0.25, 0.3) is 0 Å². The Kier molecular flexibility index (Phi) is 5.24. The molecule has 2 amide bonds. The van der Waals surface area contributed by atoms with Gasteiger partial charge in [-0.15, -0.1) is 11.3 Å². The number of hydrogen-bond acceptors (Lipinski definition) is 4. The Morgan fingerprint density at radius 1 is 1.41 bits per heavy atom. The van der Waals surface area contributed by atoms with Gasteiger partial charge in [-0.2, -0.15) is 0 Å². The monoisotopic (exact) mass is 324 g/mol. The van der Waals surface area contributed by atoms with E-state index in [0.717, 1.165) is 24.3 Å². The molecular weight excluding hydrogens is 300 g/mol. The fraction of sp³-hybridized carbons (Fsp3) is 0.625. The van der Waals surface area contributed by atoms with Crippen molar-refractivity contribution < 1.29 is 14.3 Å². The molecule has 1 aliphatic rings. The Morgan fingerprint density at radius 3 is 2.73 bits per heavy atom. The molecule has 0 aromatic carbocycles. The van der Waals surface area contributed by atoms with Crippen molar-refractivity contribution >= 4 is 28.2 Å². The number of anilines is 1. The third-order valence-electron chi connectivity index (χ3n) is 3.52. The molecule has 1 aliphatic heterocycles. The highest BCUT2D eigenvalue weighted by atomic mass is 32.1. The average Bonchev–Trinajstić information content (AvgIpc) is 3.04. The Morgan fingerprint density at radius 2 is 2.14 bits per heavy atom. The number of thiophene rings is 1. The van der Waals surface area contributed by atoms with E-state index in [1.807, 2.05) is 33.8 Å². The first-order chi connectivity index (χ1) is 10.3. The summed E-state index contributed by atoms with van der Waals surface area (Å²) in [5.41, 5.74) is 0.0293. The Labute approximate surface area is 135 Å². The molecule has 6 heteroatoms. The van der Waals surface area contributed by atoms with Gasteiger partial charge >= 0.3 is 0 Å². The lowest BCUT2D eigenvalue weighted by molar-refractivity contribution is -0.123. The van der Waals surface area contributed by atoms with Gasteiger partial charge in [0, 0.05) is 23.4 Å². The number of nitrogens with one attached hydrogen (secondary N) is 2. The Bertz CT molecular complexity index is 554. The van der Waals surface area contributed by atoms with Crippen LogP contribution in [0.15, 0.2) is 6.07 Å². The van der Waals surface area contributed by atoms with Crippen molar-refractivity contribution in [3.05, 3.63) is 16.5 Å². The van der Waals surface area contributed by atoms with E-state index in [-0.39, 0.29) is 17.9 Å². The van der Waals surface area contributed by atoms with Gasteiger partial charge in [-0.3, -0.25) is 9.59 Å². The zero-order valence-electron chi connectivity index (χ0n) is 13.6. The summed E-state index contributed by atoms with van der Waals surface area (Å²) >= 11 is 1.42. The van der Waals surface area contributed by atoms with Gasteiger partial charge in [-0.25, -0.2) is 0 Å². The third kappa shape index (κ3) is 4.30. The molecule has 1 atom stereocenters. The number of aryl methyl sites for hydroxylation is 1. The Balaban J connectivity index is 2.03. The van der Waals surface area contributed by atoms with E-state index in [9.17, 15) is 9.59 Å². The number of carbonyl (C=O) groups is 2. The van der Waals surface area contributed by atoms with E-state index >= 15 is 0 Å². The van der Waals surface area contributed by atoms with Crippen molar-refractivity contribution in [2.75, 3.05) is 18.5 Å². The van der Waals surface area contributed by atoms with Crippen molar-refractivity contribution in [3.8, 4) is 0 Å². The summed E-state index contributed by atoms with van der Waals surface area (Å²) in [7, 11) is 0. The topological polar surface area (TPSA) is 67.4 Å². The van der Waals surface area contributed by atoms with Gasteiger partial charge < -0.3 is 15.4 Å². The highest BCUT2D eigenvalue weighted by Crippen LogP contribution is 2.29. The predicted octanol–water partition coefficient (Wildman–Crippen LogP) is 2.95. The van der Waals surface area contributed by atoms with E-state index in [0.29, 0.717) is 17.1 Å². The van der Waals surface area contributed by atoms with Crippen LogP contribution in [0.4, 0.5) is 5.00 Å². The van der Waals surface area contributed by atoms with Gasteiger partial charge in [0.15, 0.2) is 0 Å². The van der Waals surface area contributed by atoms with E-state index in [2.05, 4.69) is 10.6 Å². The average molecular weight is 324 g/mol. The normalized spacial score (nSPS) is 18.3. The van der Waals surface area contributed by atoms with Crippen LogP contribution in [0.5, 0.6) is 0 Å². The highest BCUT2D eigenvalue weighted by Gasteiger charge is 2.25. The van der Waals surface area contributed by atoms with Crippen molar-refractivity contribution in [2.45, 2.75) is 46.6 Å². The van der Waals surface area contributed by atoms with Gasteiger partial charge in [0.05, 0.1) is 11.7 Å². The number of amides is 2. The third-order valence-corrected chi connectivity index (χ3v) is 4.49.